The molecule has 0 fully saturated rings. The van der Waals surface area contributed by atoms with Gasteiger partial charge >= 0.3 is 3.95 Å². The molecule has 86 valence electrons. The quantitative estimate of drug-likeness (QED) is 0.281. The van der Waals surface area contributed by atoms with Crippen LogP contribution in [-0.2, 0) is 0 Å². The molecule has 0 N–H and O–H groups in total. The average Bonchev–Trinajstić information content (AvgIpc) is 2.67. The Morgan fingerprint density at radius 3 is 2.71 bits per heavy atom. The minimum absolute atomic E-state index is 0.283. The van der Waals surface area contributed by atoms with E-state index in [0.29, 0.717) is 0 Å². The second kappa shape index (κ2) is 5.69. The Bertz CT molecular complexity index is 609. The van der Waals surface area contributed by atoms with Gasteiger partial charge < -0.3 is 0 Å². The molecule has 7 heteroatoms. The van der Waals surface area contributed by atoms with E-state index < -0.39 is 0 Å². The lowest BCUT2D eigenvalue weighted by atomic mass is 10.3. The third-order valence-corrected chi connectivity index (χ3v) is 7.55. The van der Waals surface area contributed by atoms with Crippen molar-refractivity contribution in [2.24, 2.45) is 0 Å². The molecule has 0 aliphatic heterocycles. The molecular weight excluding hydrogens is 290 g/mol. The summed E-state index contributed by atoms with van der Waals surface area (Å²) in [5.41, 5.74) is 0.942. The van der Waals surface area contributed by atoms with E-state index in [9.17, 15) is 0 Å². The molecule has 0 radical (unpaired) electrons. The van der Waals surface area contributed by atoms with Crippen molar-refractivity contribution in [2.75, 3.05) is 6.26 Å². The lowest BCUT2D eigenvalue weighted by Crippen LogP contribution is -1.95. The molecule has 0 spiro atoms. The third kappa shape index (κ3) is 2.55. The van der Waals surface area contributed by atoms with Crippen molar-refractivity contribution in [2.45, 2.75) is 4.34 Å². The van der Waals surface area contributed by atoms with Crippen LogP contribution < -0.4 is 0 Å². The van der Waals surface area contributed by atoms with Crippen molar-refractivity contribution in [3.63, 3.8) is 0 Å². The molecule has 0 amide bonds. The summed E-state index contributed by atoms with van der Waals surface area (Å²) in [6, 6.07) is 9.75. The van der Waals surface area contributed by atoms with Crippen LogP contribution in [0.4, 0.5) is 0 Å². The van der Waals surface area contributed by atoms with Gasteiger partial charge in [-0.05, 0) is 12.1 Å². The van der Waals surface area contributed by atoms with Crippen LogP contribution in [-0.4, -0.2) is 16.0 Å². The van der Waals surface area contributed by atoms with Gasteiger partial charge in [-0.25, -0.2) is 0 Å². The molecular formula is C10H8N3S4+. The van der Waals surface area contributed by atoms with Gasteiger partial charge in [0.2, 0.25) is 0 Å². The molecule has 0 saturated carbocycles. The molecule has 3 nitrogen and oxygen atoms in total. The van der Waals surface area contributed by atoms with Crippen LogP contribution in [0.15, 0.2) is 34.7 Å². The first kappa shape index (κ1) is 12.6. The van der Waals surface area contributed by atoms with Crippen LogP contribution in [0.5, 0.6) is 0 Å². The second-order valence-corrected chi connectivity index (χ2v) is 8.23. The number of para-hydroxylation sites is 1. The molecule has 2 aromatic rings. The average molecular weight is 298 g/mol. The zero-order valence-electron chi connectivity index (χ0n) is 8.86. The van der Waals surface area contributed by atoms with Crippen molar-refractivity contribution in [1.29, 1.82) is 5.26 Å². The Hall–Kier alpha value is -0.810. The summed E-state index contributed by atoms with van der Waals surface area (Å²) in [6.45, 7) is 0. The number of benzene rings is 1. The van der Waals surface area contributed by atoms with E-state index in [0.717, 1.165) is 25.7 Å². The molecule has 0 saturated heterocycles. The van der Waals surface area contributed by atoms with Gasteiger partial charge in [-0.1, -0.05) is 18.2 Å². The van der Waals surface area contributed by atoms with Crippen molar-refractivity contribution in [3.05, 3.63) is 34.3 Å². The smallest absolute Gasteiger partial charge is 0.185 e. The molecule has 2 rings (SSSR count). The highest BCUT2D eigenvalue weighted by atomic mass is 33.1. The maximum Gasteiger partial charge on any atom is 0.393 e. The fourth-order valence-corrected chi connectivity index (χ4v) is 6.27. The fraction of sp³-hybridized carbons (Fsp3) is 0.100. The molecule has 1 unspecified atom stereocenters. The standard InChI is InChI=1S/C10H8N3S4/c1-15-17-9(16-7-11)12-13(10(17)14)8-5-3-2-4-6-8/h2-6H,1H3/q+1. The molecule has 1 atom stereocenters. The van der Waals surface area contributed by atoms with Gasteiger partial charge in [-0.15, -0.1) is 5.10 Å². The summed E-state index contributed by atoms with van der Waals surface area (Å²) >= 11 is 6.51. The van der Waals surface area contributed by atoms with Crippen molar-refractivity contribution in [3.8, 4) is 11.1 Å². The fourth-order valence-electron chi connectivity index (χ4n) is 1.28. The number of thioether (sulfide) groups is 1. The Balaban J connectivity index is 2.58. The zero-order valence-corrected chi connectivity index (χ0v) is 12.1. The normalized spacial score (nSPS) is 11.2. The van der Waals surface area contributed by atoms with Gasteiger partial charge in [0, 0.05) is 38.3 Å². The minimum atomic E-state index is -0.283. The Morgan fingerprint density at radius 1 is 1.41 bits per heavy atom. The number of aromatic nitrogens is 2. The van der Waals surface area contributed by atoms with Crippen LogP contribution >= 0.6 is 44.3 Å². The summed E-state index contributed by atoms with van der Waals surface area (Å²) in [7, 11) is 1.35. The van der Waals surface area contributed by atoms with Gasteiger partial charge in [-0.3, -0.25) is 0 Å². The molecule has 0 aliphatic carbocycles. The van der Waals surface area contributed by atoms with E-state index in [1.165, 1.54) is 0 Å². The summed E-state index contributed by atoms with van der Waals surface area (Å²) in [5.74, 6) is 0. The first-order valence-electron chi connectivity index (χ1n) is 4.60. The first-order valence-corrected chi connectivity index (χ1v) is 8.79. The van der Waals surface area contributed by atoms with Gasteiger partial charge in [0.1, 0.15) is 5.40 Å². The number of rotatable bonds is 3. The maximum atomic E-state index is 8.75. The zero-order chi connectivity index (χ0) is 12.3. The minimum Gasteiger partial charge on any atom is -0.185 e. The van der Waals surface area contributed by atoms with Crippen LogP contribution in [0.25, 0.3) is 5.69 Å². The van der Waals surface area contributed by atoms with Gasteiger partial charge in [0.25, 0.3) is 16.6 Å². The SMILES string of the molecule is CS[s+]1c(SC#N)nn(-c2ccccc2)c1=S. The van der Waals surface area contributed by atoms with Gasteiger partial charge in [0.15, 0.2) is 0 Å². The molecule has 0 aliphatic rings. The lowest BCUT2D eigenvalue weighted by molar-refractivity contribution is 0.830. The molecule has 1 heterocycles. The highest BCUT2D eigenvalue weighted by molar-refractivity contribution is 8.46. The lowest BCUT2D eigenvalue weighted by Gasteiger charge is -1.95. The Morgan fingerprint density at radius 2 is 2.12 bits per heavy atom. The van der Waals surface area contributed by atoms with E-state index in [-0.39, 0.29) is 9.50 Å². The number of nitriles is 1. The number of hydrogen-bond acceptors (Lipinski definition) is 5. The van der Waals surface area contributed by atoms with Gasteiger partial charge in [-0.2, -0.15) is 9.94 Å². The largest absolute Gasteiger partial charge is 0.393 e. The Kier molecular flexibility index (Phi) is 4.23. The predicted molar refractivity (Wildman–Crippen MR) is 77.3 cm³/mol. The summed E-state index contributed by atoms with van der Waals surface area (Å²) in [6.07, 6.45) is 1.98. The number of nitrogens with zero attached hydrogens (tertiary/aromatic N) is 3. The van der Waals surface area contributed by atoms with E-state index in [1.54, 1.807) is 15.5 Å². The maximum absolute atomic E-state index is 8.75. The van der Waals surface area contributed by atoms with E-state index in [1.807, 2.05) is 36.6 Å². The second-order valence-electron chi connectivity index (χ2n) is 2.91. The van der Waals surface area contributed by atoms with Crippen molar-refractivity contribution >= 4 is 44.3 Å². The number of hydrogen-bond donors (Lipinski definition) is 0. The molecule has 17 heavy (non-hydrogen) atoms. The van der Waals surface area contributed by atoms with Crippen LogP contribution in [0.2, 0.25) is 0 Å². The number of thiocyanates is 1. The van der Waals surface area contributed by atoms with Crippen LogP contribution in [0.1, 0.15) is 0 Å². The highest BCUT2D eigenvalue weighted by Crippen LogP contribution is 2.41. The monoisotopic (exact) mass is 298 g/mol. The summed E-state index contributed by atoms with van der Waals surface area (Å²) in [5, 5.41) is 15.2. The van der Waals surface area contributed by atoms with Gasteiger partial charge in [0.05, 0.1) is 5.69 Å². The first-order chi connectivity index (χ1) is 8.27. The molecule has 1 aromatic heterocycles. The topological polar surface area (TPSA) is 41.6 Å². The summed E-state index contributed by atoms with van der Waals surface area (Å²) in [4.78, 5) is 0. The highest BCUT2D eigenvalue weighted by Gasteiger charge is 2.21. The summed E-state index contributed by atoms with van der Waals surface area (Å²) < 4.78 is 3.30. The molecule has 1 aromatic carbocycles. The predicted octanol–water partition coefficient (Wildman–Crippen LogP) is 4.05. The molecule has 0 bridgehead atoms. The van der Waals surface area contributed by atoms with Crippen molar-refractivity contribution in [1.82, 2.24) is 9.78 Å². The van der Waals surface area contributed by atoms with Crippen LogP contribution in [0, 0.1) is 14.6 Å². The van der Waals surface area contributed by atoms with Crippen LogP contribution in [0.3, 0.4) is 0 Å². The Labute approximate surface area is 115 Å². The van der Waals surface area contributed by atoms with E-state index in [4.69, 9.17) is 17.5 Å². The van der Waals surface area contributed by atoms with Crippen molar-refractivity contribution < 1.29 is 0 Å². The van der Waals surface area contributed by atoms with E-state index in [2.05, 4.69) is 10.5 Å². The third-order valence-electron chi connectivity index (χ3n) is 1.97. The van der Waals surface area contributed by atoms with E-state index >= 15 is 0 Å².